The van der Waals surface area contributed by atoms with Gasteiger partial charge in [-0.25, -0.2) is 8.42 Å². The summed E-state index contributed by atoms with van der Waals surface area (Å²) in [5.41, 5.74) is 0.243. The smallest absolute Gasteiger partial charge is 0.325 e. The molecule has 0 amide bonds. The van der Waals surface area contributed by atoms with Crippen LogP contribution in [0, 0.1) is 0 Å². The maximum Gasteiger partial charge on any atom is 0.325 e. The summed E-state index contributed by atoms with van der Waals surface area (Å²) < 4.78 is 39.7. The number of hydrogen-bond acceptors (Lipinski definition) is 7. The van der Waals surface area contributed by atoms with Crippen LogP contribution in [0.3, 0.4) is 0 Å². The number of ether oxygens (including phenoxy) is 2. The van der Waals surface area contributed by atoms with Crippen molar-refractivity contribution < 1.29 is 27.8 Å². The van der Waals surface area contributed by atoms with E-state index in [0.717, 1.165) is 19.3 Å². The van der Waals surface area contributed by atoms with Crippen molar-refractivity contribution in [3.8, 4) is 5.75 Å². The first-order chi connectivity index (χ1) is 16.6. The van der Waals surface area contributed by atoms with Crippen LogP contribution in [-0.4, -0.2) is 61.7 Å². The van der Waals surface area contributed by atoms with Crippen molar-refractivity contribution in [3.63, 3.8) is 0 Å². The lowest BCUT2D eigenvalue weighted by Gasteiger charge is -2.47. The van der Waals surface area contributed by atoms with Crippen LogP contribution in [0.5, 0.6) is 5.75 Å². The van der Waals surface area contributed by atoms with Gasteiger partial charge in [0.15, 0.2) is 0 Å². The Labute approximate surface area is 207 Å². The molecule has 2 atom stereocenters. The van der Waals surface area contributed by atoms with Gasteiger partial charge in [0.1, 0.15) is 24.0 Å². The first-order valence-corrected chi connectivity index (χ1v) is 13.6. The minimum Gasteiger partial charge on any atom is -0.485 e. The Kier molecular flexibility index (Phi) is 7.40. The number of rotatable bonds is 7. The summed E-state index contributed by atoms with van der Waals surface area (Å²) in [6.45, 7) is 6.40. The second-order valence-corrected chi connectivity index (χ2v) is 11.5. The number of benzene rings is 2. The van der Waals surface area contributed by atoms with Crippen LogP contribution in [0.15, 0.2) is 53.4 Å². The summed E-state index contributed by atoms with van der Waals surface area (Å²) in [5, 5.41) is 11.5. The SMILES string of the molecule is CCOC(=O)CN(c1ccccc1)[C@H]1c2cc(S(=O)(=O)N3CCCCC3)ccc2OC(C)(C)[C@@H]1O. The number of nitrogens with zero attached hydrogens (tertiary/aromatic N) is 2. The Balaban J connectivity index is 1.82. The zero-order valence-corrected chi connectivity index (χ0v) is 21.3. The average Bonchev–Trinajstić information content (AvgIpc) is 2.84. The average molecular weight is 503 g/mol. The van der Waals surface area contributed by atoms with E-state index in [-0.39, 0.29) is 18.0 Å². The van der Waals surface area contributed by atoms with Crippen LogP contribution >= 0.6 is 0 Å². The van der Waals surface area contributed by atoms with Crippen molar-refractivity contribution in [1.29, 1.82) is 0 Å². The van der Waals surface area contributed by atoms with Gasteiger partial charge < -0.3 is 19.5 Å². The zero-order chi connectivity index (χ0) is 25.2. The van der Waals surface area contributed by atoms with Gasteiger partial charge in [0, 0.05) is 24.3 Å². The number of aliphatic hydroxyl groups excluding tert-OH is 1. The van der Waals surface area contributed by atoms with Crippen LogP contribution in [0.25, 0.3) is 0 Å². The third kappa shape index (κ3) is 5.17. The molecule has 35 heavy (non-hydrogen) atoms. The number of aliphatic hydroxyl groups is 1. The summed E-state index contributed by atoms with van der Waals surface area (Å²) in [4.78, 5) is 14.5. The van der Waals surface area contributed by atoms with E-state index in [1.165, 1.54) is 4.31 Å². The Bertz CT molecular complexity index is 1150. The number of piperidine rings is 1. The van der Waals surface area contributed by atoms with Crippen molar-refractivity contribution in [2.75, 3.05) is 31.1 Å². The number of carbonyl (C=O) groups excluding carboxylic acids is 1. The number of fused-ring (bicyclic) bond motifs is 1. The van der Waals surface area contributed by atoms with Crippen molar-refractivity contribution in [3.05, 3.63) is 54.1 Å². The molecule has 2 aliphatic heterocycles. The van der Waals surface area contributed by atoms with Crippen LogP contribution in [0.2, 0.25) is 0 Å². The number of anilines is 1. The molecule has 2 heterocycles. The van der Waals surface area contributed by atoms with E-state index in [1.807, 2.05) is 30.3 Å². The van der Waals surface area contributed by atoms with Gasteiger partial charge in [0.2, 0.25) is 10.0 Å². The minimum atomic E-state index is -3.70. The van der Waals surface area contributed by atoms with Gasteiger partial charge in [-0.15, -0.1) is 0 Å². The standard InChI is InChI=1S/C26H34N2O6S/c1-4-33-23(29)18-28(19-11-7-5-8-12-19)24-21-17-20(35(31,32)27-15-9-6-10-16-27)13-14-22(21)34-26(2,3)25(24)30/h5,7-8,11-14,17,24-25,30H,4,6,9-10,15-16,18H2,1-3H3/t24-,25+/m0/s1. The molecular formula is C26H34N2O6S. The maximum absolute atomic E-state index is 13.4. The molecule has 9 heteroatoms. The zero-order valence-electron chi connectivity index (χ0n) is 20.5. The van der Waals surface area contributed by atoms with Crippen LogP contribution in [0.1, 0.15) is 51.6 Å². The minimum absolute atomic E-state index is 0.113. The summed E-state index contributed by atoms with van der Waals surface area (Å²) in [5.74, 6) is 0.0409. The molecule has 0 spiro atoms. The quantitative estimate of drug-likeness (QED) is 0.579. The molecule has 0 unspecified atom stereocenters. The first kappa shape index (κ1) is 25.5. The monoisotopic (exact) mass is 502 g/mol. The van der Waals surface area contributed by atoms with Crippen LogP contribution in [0.4, 0.5) is 5.69 Å². The van der Waals surface area contributed by atoms with E-state index in [9.17, 15) is 18.3 Å². The Hall–Kier alpha value is -2.62. The topological polar surface area (TPSA) is 96.4 Å². The summed E-state index contributed by atoms with van der Waals surface area (Å²) in [7, 11) is -3.70. The van der Waals surface area contributed by atoms with Crippen LogP contribution < -0.4 is 9.64 Å². The van der Waals surface area contributed by atoms with E-state index in [2.05, 4.69) is 0 Å². The van der Waals surface area contributed by atoms with Gasteiger partial charge >= 0.3 is 5.97 Å². The van der Waals surface area contributed by atoms with Crippen LogP contribution in [-0.2, 0) is 19.6 Å². The molecule has 0 radical (unpaired) electrons. The first-order valence-electron chi connectivity index (χ1n) is 12.1. The second kappa shape index (κ2) is 10.2. The molecule has 2 aromatic carbocycles. The number of carbonyl (C=O) groups is 1. The van der Waals surface area contributed by atoms with Gasteiger partial charge in [-0.05, 0) is 63.9 Å². The summed E-state index contributed by atoms with van der Waals surface area (Å²) >= 11 is 0. The predicted molar refractivity (Wildman–Crippen MR) is 133 cm³/mol. The highest BCUT2D eigenvalue weighted by molar-refractivity contribution is 7.89. The highest BCUT2D eigenvalue weighted by Gasteiger charge is 2.46. The highest BCUT2D eigenvalue weighted by atomic mass is 32.2. The number of sulfonamides is 1. The fraction of sp³-hybridized carbons (Fsp3) is 0.500. The summed E-state index contributed by atoms with van der Waals surface area (Å²) in [6.07, 6.45) is 1.64. The van der Waals surface area contributed by atoms with Gasteiger partial charge in [0.05, 0.1) is 17.5 Å². The van der Waals surface area contributed by atoms with Crippen molar-refractivity contribution in [1.82, 2.24) is 4.31 Å². The fourth-order valence-corrected chi connectivity index (χ4v) is 6.37. The lowest BCUT2D eigenvalue weighted by Crippen LogP contribution is -2.54. The molecule has 1 N–H and O–H groups in total. The molecule has 0 bridgehead atoms. The Morgan fingerprint density at radius 1 is 1.14 bits per heavy atom. The fourth-order valence-electron chi connectivity index (χ4n) is 4.81. The van der Waals surface area contributed by atoms with E-state index < -0.39 is 33.7 Å². The molecule has 0 aliphatic carbocycles. The Morgan fingerprint density at radius 2 is 1.83 bits per heavy atom. The normalized spacial score (nSPS) is 22.1. The lowest BCUT2D eigenvalue weighted by atomic mass is 9.85. The van der Waals surface area contributed by atoms with Crippen molar-refractivity contribution in [2.45, 2.75) is 62.7 Å². The molecule has 1 saturated heterocycles. The lowest BCUT2D eigenvalue weighted by molar-refractivity contribution is -0.141. The summed E-state index contributed by atoms with van der Waals surface area (Å²) in [6, 6.07) is 13.3. The Morgan fingerprint density at radius 3 is 2.49 bits per heavy atom. The third-order valence-electron chi connectivity index (χ3n) is 6.67. The molecule has 2 aliphatic rings. The van der Waals surface area contributed by atoms with E-state index >= 15 is 0 Å². The van der Waals surface area contributed by atoms with E-state index in [1.54, 1.807) is 43.9 Å². The van der Waals surface area contributed by atoms with E-state index in [4.69, 9.17) is 9.47 Å². The van der Waals surface area contributed by atoms with Gasteiger partial charge in [0.25, 0.3) is 0 Å². The van der Waals surface area contributed by atoms with Gasteiger partial charge in [-0.2, -0.15) is 4.31 Å². The molecule has 2 aromatic rings. The van der Waals surface area contributed by atoms with Crippen molar-refractivity contribution >= 4 is 21.7 Å². The molecule has 190 valence electrons. The largest absolute Gasteiger partial charge is 0.485 e. The molecular weight excluding hydrogens is 468 g/mol. The molecule has 1 fully saturated rings. The van der Waals surface area contributed by atoms with Crippen molar-refractivity contribution in [2.24, 2.45) is 0 Å². The highest BCUT2D eigenvalue weighted by Crippen LogP contribution is 2.45. The number of hydrogen-bond donors (Lipinski definition) is 1. The van der Waals surface area contributed by atoms with Gasteiger partial charge in [-0.1, -0.05) is 24.6 Å². The molecule has 8 nitrogen and oxygen atoms in total. The maximum atomic E-state index is 13.4. The molecule has 0 saturated carbocycles. The molecule has 4 rings (SSSR count). The molecule has 0 aromatic heterocycles. The predicted octanol–water partition coefficient (Wildman–Crippen LogP) is 3.50. The van der Waals surface area contributed by atoms with Gasteiger partial charge in [-0.3, -0.25) is 4.79 Å². The number of para-hydroxylation sites is 1. The third-order valence-corrected chi connectivity index (χ3v) is 8.56. The number of esters is 1. The second-order valence-electron chi connectivity index (χ2n) is 9.53. The van der Waals surface area contributed by atoms with E-state index in [0.29, 0.717) is 30.1 Å².